The Labute approximate surface area is 91.4 Å². The predicted octanol–water partition coefficient (Wildman–Crippen LogP) is 2.70. The molecule has 4 heteroatoms. The molecule has 1 aromatic rings. The van der Waals surface area contributed by atoms with Gasteiger partial charge in [-0.1, -0.05) is 6.07 Å². The van der Waals surface area contributed by atoms with E-state index in [0.717, 1.165) is 0 Å². The van der Waals surface area contributed by atoms with Crippen molar-refractivity contribution in [2.24, 2.45) is 5.73 Å². The van der Waals surface area contributed by atoms with Crippen LogP contribution in [0.5, 0.6) is 5.75 Å². The zero-order valence-corrected chi connectivity index (χ0v) is 9.55. The first kappa shape index (κ1) is 11.5. The summed E-state index contributed by atoms with van der Waals surface area (Å²) in [7, 11) is 0. The quantitative estimate of drug-likeness (QED) is 0.905. The molecule has 0 saturated carbocycles. The number of nitrogens with two attached hydrogens (primary N) is 1. The normalized spacial score (nSPS) is 12.6. The van der Waals surface area contributed by atoms with Crippen LogP contribution < -0.4 is 10.5 Å². The standard InChI is InChI=1S/C10H13BrFNO/c1-7(13)5-6-14-10-8(11)3-2-4-9(10)12/h2-4,7H,5-6,13H2,1H3/t7-/m0/s1. The summed E-state index contributed by atoms with van der Waals surface area (Å²) in [6.45, 7) is 2.32. The fourth-order valence-corrected chi connectivity index (χ4v) is 1.42. The maximum absolute atomic E-state index is 13.2. The van der Waals surface area contributed by atoms with E-state index in [2.05, 4.69) is 15.9 Å². The lowest BCUT2D eigenvalue weighted by atomic mass is 10.3. The van der Waals surface area contributed by atoms with Gasteiger partial charge in [-0.25, -0.2) is 4.39 Å². The third-order valence-corrected chi connectivity index (χ3v) is 2.36. The summed E-state index contributed by atoms with van der Waals surface area (Å²) in [5, 5.41) is 0. The molecule has 0 aliphatic carbocycles. The summed E-state index contributed by atoms with van der Waals surface area (Å²) in [6.07, 6.45) is 0.709. The smallest absolute Gasteiger partial charge is 0.169 e. The minimum Gasteiger partial charge on any atom is -0.489 e. The van der Waals surface area contributed by atoms with Crippen LogP contribution in [0.15, 0.2) is 22.7 Å². The zero-order valence-electron chi connectivity index (χ0n) is 7.97. The SMILES string of the molecule is C[C@H](N)CCOc1c(F)cccc1Br. The van der Waals surface area contributed by atoms with Crippen molar-refractivity contribution < 1.29 is 9.13 Å². The molecule has 0 bridgehead atoms. The maximum Gasteiger partial charge on any atom is 0.169 e. The summed E-state index contributed by atoms with van der Waals surface area (Å²) in [6, 6.07) is 4.80. The van der Waals surface area contributed by atoms with Crippen LogP contribution in [-0.4, -0.2) is 12.6 Å². The third kappa shape index (κ3) is 3.27. The van der Waals surface area contributed by atoms with E-state index in [9.17, 15) is 4.39 Å². The fourth-order valence-electron chi connectivity index (χ4n) is 0.967. The van der Waals surface area contributed by atoms with Gasteiger partial charge in [-0.3, -0.25) is 0 Å². The van der Waals surface area contributed by atoms with Crippen LogP contribution in [-0.2, 0) is 0 Å². The Balaban J connectivity index is 2.58. The van der Waals surface area contributed by atoms with Gasteiger partial charge in [0, 0.05) is 6.04 Å². The Kier molecular flexibility index (Phi) is 4.35. The summed E-state index contributed by atoms with van der Waals surface area (Å²) in [4.78, 5) is 0. The van der Waals surface area contributed by atoms with Crippen molar-refractivity contribution in [1.82, 2.24) is 0 Å². The van der Waals surface area contributed by atoms with Gasteiger partial charge in [0.1, 0.15) is 0 Å². The van der Waals surface area contributed by atoms with E-state index < -0.39 is 0 Å². The Bertz CT molecular complexity index is 284. The highest BCUT2D eigenvalue weighted by molar-refractivity contribution is 9.10. The molecule has 1 atom stereocenters. The van der Waals surface area contributed by atoms with Crippen molar-refractivity contribution in [3.63, 3.8) is 0 Å². The van der Waals surface area contributed by atoms with E-state index in [-0.39, 0.29) is 17.6 Å². The van der Waals surface area contributed by atoms with Crippen LogP contribution >= 0.6 is 15.9 Å². The molecule has 0 spiro atoms. The van der Waals surface area contributed by atoms with Crippen LogP contribution in [0.2, 0.25) is 0 Å². The van der Waals surface area contributed by atoms with Crippen LogP contribution in [0.4, 0.5) is 4.39 Å². The van der Waals surface area contributed by atoms with Crippen molar-refractivity contribution in [2.75, 3.05) is 6.61 Å². The predicted molar refractivity (Wildman–Crippen MR) is 57.9 cm³/mol. The fraction of sp³-hybridized carbons (Fsp3) is 0.400. The second-order valence-corrected chi connectivity index (χ2v) is 4.02. The molecule has 0 unspecified atom stereocenters. The monoisotopic (exact) mass is 261 g/mol. The molecule has 0 aliphatic rings. The summed E-state index contributed by atoms with van der Waals surface area (Å²) >= 11 is 3.22. The highest BCUT2D eigenvalue weighted by Crippen LogP contribution is 2.27. The van der Waals surface area contributed by atoms with Crippen molar-refractivity contribution in [3.8, 4) is 5.75 Å². The Morgan fingerprint density at radius 1 is 1.57 bits per heavy atom. The third-order valence-electron chi connectivity index (χ3n) is 1.74. The zero-order chi connectivity index (χ0) is 10.6. The second-order valence-electron chi connectivity index (χ2n) is 3.17. The molecule has 0 aliphatic heterocycles. The van der Waals surface area contributed by atoms with Crippen molar-refractivity contribution in [3.05, 3.63) is 28.5 Å². The number of halogens is 2. The highest BCUT2D eigenvalue weighted by atomic mass is 79.9. The van der Waals surface area contributed by atoms with Gasteiger partial charge in [-0.05, 0) is 41.4 Å². The number of rotatable bonds is 4. The van der Waals surface area contributed by atoms with Gasteiger partial charge < -0.3 is 10.5 Å². The number of hydrogen-bond acceptors (Lipinski definition) is 2. The van der Waals surface area contributed by atoms with E-state index >= 15 is 0 Å². The first-order valence-corrected chi connectivity index (χ1v) is 5.23. The topological polar surface area (TPSA) is 35.2 Å². The van der Waals surface area contributed by atoms with Gasteiger partial charge in [0.25, 0.3) is 0 Å². The molecule has 2 N–H and O–H groups in total. The Morgan fingerprint density at radius 3 is 2.86 bits per heavy atom. The van der Waals surface area contributed by atoms with E-state index in [1.165, 1.54) is 6.07 Å². The average molecular weight is 262 g/mol. The van der Waals surface area contributed by atoms with Crippen molar-refractivity contribution in [1.29, 1.82) is 0 Å². The van der Waals surface area contributed by atoms with Crippen molar-refractivity contribution in [2.45, 2.75) is 19.4 Å². The first-order chi connectivity index (χ1) is 6.61. The number of para-hydroxylation sites is 1. The van der Waals surface area contributed by atoms with Crippen molar-refractivity contribution >= 4 is 15.9 Å². The molecule has 0 fully saturated rings. The van der Waals surface area contributed by atoms with Gasteiger partial charge in [0.05, 0.1) is 11.1 Å². The molecule has 0 saturated heterocycles. The molecule has 78 valence electrons. The van der Waals surface area contributed by atoms with Gasteiger partial charge in [0.15, 0.2) is 11.6 Å². The molecule has 1 rings (SSSR count). The van der Waals surface area contributed by atoms with E-state index in [1.54, 1.807) is 12.1 Å². The van der Waals surface area contributed by atoms with Gasteiger partial charge in [-0.2, -0.15) is 0 Å². The van der Waals surface area contributed by atoms with Crippen LogP contribution in [0.3, 0.4) is 0 Å². The molecular formula is C10H13BrFNO. The minimum absolute atomic E-state index is 0.0700. The highest BCUT2D eigenvalue weighted by Gasteiger charge is 2.07. The summed E-state index contributed by atoms with van der Waals surface area (Å²) < 4.78 is 19.1. The van der Waals surface area contributed by atoms with Gasteiger partial charge in [-0.15, -0.1) is 0 Å². The molecule has 0 heterocycles. The summed E-state index contributed by atoms with van der Waals surface area (Å²) in [5.41, 5.74) is 5.55. The van der Waals surface area contributed by atoms with Crippen LogP contribution in [0.25, 0.3) is 0 Å². The average Bonchev–Trinajstić information content (AvgIpc) is 2.09. The Hall–Kier alpha value is -0.610. The van der Waals surface area contributed by atoms with E-state index in [0.29, 0.717) is 17.5 Å². The molecule has 14 heavy (non-hydrogen) atoms. The minimum atomic E-state index is -0.357. The molecule has 0 radical (unpaired) electrons. The molecule has 1 aromatic carbocycles. The molecule has 2 nitrogen and oxygen atoms in total. The largest absolute Gasteiger partial charge is 0.489 e. The van der Waals surface area contributed by atoms with Crippen LogP contribution in [0, 0.1) is 5.82 Å². The molecule has 0 amide bonds. The van der Waals surface area contributed by atoms with Crippen LogP contribution in [0.1, 0.15) is 13.3 Å². The lowest BCUT2D eigenvalue weighted by Crippen LogP contribution is -2.18. The number of benzene rings is 1. The lowest BCUT2D eigenvalue weighted by molar-refractivity contribution is 0.285. The number of hydrogen-bond donors (Lipinski definition) is 1. The summed E-state index contributed by atoms with van der Waals surface area (Å²) in [5.74, 6) is -0.0998. The van der Waals surface area contributed by atoms with E-state index in [1.807, 2.05) is 6.92 Å². The molecular weight excluding hydrogens is 249 g/mol. The number of ether oxygens (including phenoxy) is 1. The Morgan fingerprint density at radius 2 is 2.29 bits per heavy atom. The van der Waals surface area contributed by atoms with Gasteiger partial charge in [0.2, 0.25) is 0 Å². The van der Waals surface area contributed by atoms with Gasteiger partial charge >= 0.3 is 0 Å². The van der Waals surface area contributed by atoms with E-state index in [4.69, 9.17) is 10.5 Å². The second kappa shape index (κ2) is 5.32. The first-order valence-electron chi connectivity index (χ1n) is 4.43. The maximum atomic E-state index is 13.2. The lowest BCUT2D eigenvalue weighted by Gasteiger charge is -2.10. The molecule has 0 aromatic heterocycles.